The molecule has 6 rings (SSSR count). The molecule has 3 saturated heterocycles. The van der Waals surface area contributed by atoms with Crippen LogP contribution in [0.3, 0.4) is 0 Å². The van der Waals surface area contributed by atoms with Gasteiger partial charge in [0, 0.05) is 64.7 Å². The van der Waals surface area contributed by atoms with Crippen LogP contribution in [0.1, 0.15) is 62.5 Å². The highest BCUT2D eigenvalue weighted by Crippen LogP contribution is 2.50. The number of epoxide rings is 1. The first-order valence-electron chi connectivity index (χ1n) is 15.6. The van der Waals surface area contributed by atoms with Crippen LogP contribution in [0, 0.1) is 18.8 Å². The maximum Gasteiger partial charge on any atom is 0.303 e. The lowest BCUT2D eigenvalue weighted by Crippen LogP contribution is -2.37. The molecule has 246 valence electrons. The number of hydrogen-bond donors (Lipinski definition) is 9. The maximum absolute atomic E-state index is 12.7. The summed E-state index contributed by atoms with van der Waals surface area (Å²) in [5, 5.41) is 42.7. The molecule has 46 heavy (non-hydrogen) atoms. The minimum absolute atomic E-state index is 0.0449. The van der Waals surface area contributed by atoms with Gasteiger partial charge in [0.15, 0.2) is 11.5 Å². The lowest BCUT2D eigenvalue weighted by Gasteiger charge is -2.18. The first-order chi connectivity index (χ1) is 21.7. The van der Waals surface area contributed by atoms with Crippen molar-refractivity contribution in [2.24, 2.45) is 11.8 Å². The van der Waals surface area contributed by atoms with Crippen LogP contribution in [0.4, 0.5) is 0 Å². The van der Waals surface area contributed by atoms with Gasteiger partial charge in [-0.05, 0) is 55.0 Å². The minimum atomic E-state index is -0.917. The number of nitrogens with one attached hydrogen (secondary N) is 5. The van der Waals surface area contributed by atoms with Gasteiger partial charge in [-0.1, -0.05) is 26.5 Å². The van der Waals surface area contributed by atoms with E-state index in [4.69, 9.17) is 4.74 Å². The molecule has 12 nitrogen and oxygen atoms in total. The van der Waals surface area contributed by atoms with Crippen molar-refractivity contribution >= 4 is 36.6 Å². The Kier molecular flexibility index (Phi) is 7.83. The maximum atomic E-state index is 12.7. The van der Waals surface area contributed by atoms with Crippen molar-refractivity contribution in [1.82, 2.24) is 26.3 Å². The van der Waals surface area contributed by atoms with Crippen LogP contribution < -0.4 is 21.3 Å². The predicted molar refractivity (Wildman–Crippen MR) is 173 cm³/mol. The number of aromatic amines is 1. The summed E-state index contributed by atoms with van der Waals surface area (Å²) < 4.78 is 5.81. The topological polar surface area (TPSA) is 198 Å². The first kappa shape index (κ1) is 31.9. The van der Waals surface area contributed by atoms with E-state index in [-0.39, 0.29) is 60.6 Å². The van der Waals surface area contributed by atoms with Gasteiger partial charge in [0.1, 0.15) is 5.60 Å². The van der Waals surface area contributed by atoms with E-state index in [0.717, 1.165) is 45.1 Å². The van der Waals surface area contributed by atoms with E-state index in [1.165, 1.54) is 0 Å². The number of ether oxygens (including phenoxy) is 1. The fourth-order valence-corrected chi connectivity index (χ4v) is 7.93. The third-order valence-electron chi connectivity index (χ3n) is 10.3. The van der Waals surface area contributed by atoms with Crippen molar-refractivity contribution < 1.29 is 34.4 Å². The minimum Gasteiger partial charge on any atom is -0.495 e. The van der Waals surface area contributed by atoms with Crippen LogP contribution in [0.15, 0.2) is 52.3 Å². The number of aromatic nitrogens is 1. The van der Waals surface area contributed by atoms with Gasteiger partial charge in [-0.15, -0.1) is 0 Å². The molecular weight excluding hydrogens is 610 g/mol. The molecular formula is C33H41N5O7S. The van der Waals surface area contributed by atoms with Gasteiger partial charge in [0.05, 0.1) is 18.3 Å². The van der Waals surface area contributed by atoms with Gasteiger partial charge < -0.3 is 46.3 Å². The molecule has 1 aromatic heterocycles. The molecule has 1 aromatic rings. The molecule has 6 atom stereocenters. The number of carboxylic acid groups (broad SMARTS) is 2. The molecule has 6 heterocycles. The van der Waals surface area contributed by atoms with E-state index in [1.54, 1.807) is 6.08 Å². The Morgan fingerprint density at radius 3 is 2.46 bits per heavy atom. The molecule has 5 aliphatic rings. The summed E-state index contributed by atoms with van der Waals surface area (Å²) in [5.74, 6) is -2.20. The lowest BCUT2D eigenvalue weighted by molar-refractivity contribution is -0.138. The first-order valence-corrected chi connectivity index (χ1v) is 16.1. The Morgan fingerprint density at radius 1 is 1.17 bits per heavy atom. The standard InChI is InChI=1S/C33H41N5O7S/c1-6-20-31(44)35-24(32(20)13-45-32)12-21-14(2)18(7-9-25(39)40)22(34-21)11-23-19(8-10-26(41)42)16(4)33(37-23)29(38-33)28-27(17(5)46)15(3)30(43)36-28/h6,11,15,17,24,27,34-35,37-38,44,46H,1,7-10,12-13H2,2-5H3,(H,36,43)(H,39,40)(H,41,42)/b23-11-,29-28+/t15-,17?,24-,27+,32+,33+/m1/s1. The van der Waals surface area contributed by atoms with Crippen molar-refractivity contribution in [2.45, 2.75) is 82.4 Å². The fraction of sp³-hybridized carbons (Fsp3) is 0.485. The second-order valence-electron chi connectivity index (χ2n) is 12.9. The average Bonchev–Trinajstić information content (AvgIpc) is 3.81. The monoisotopic (exact) mass is 651 g/mol. The number of rotatable bonds is 11. The number of amides is 1. The third-order valence-corrected chi connectivity index (χ3v) is 10.6. The van der Waals surface area contributed by atoms with Crippen molar-refractivity contribution in [3.05, 3.63) is 74.9 Å². The third kappa shape index (κ3) is 5.09. The molecule has 0 aliphatic carbocycles. The summed E-state index contributed by atoms with van der Waals surface area (Å²) >= 11 is 4.67. The van der Waals surface area contributed by atoms with Crippen molar-refractivity contribution in [3.63, 3.8) is 0 Å². The van der Waals surface area contributed by atoms with Crippen LogP contribution in [-0.4, -0.2) is 67.3 Å². The summed E-state index contributed by atoms with van der Waals surface area (Å²) in [6, 6.07) is -0.247. The van der Waals surface area contributed by atoms with Gasteiger partial charge in [-0.3, -0.25) is 14.4 Å². The number of carbonyl (C=O) groups excluding carboxylic acids is 1. The molecule has 1 amide bonds. The number of H-pyrrole nitrogens is 1. The van der Waals surface area contributed by atoms with E-state index in [1.807, 2.05) is 33.8 Å². The van der Waals surface area contributed by atoms with Gasteiger partial charge >= 0.3 is 11.9 Å². The molecule has 0 saturated carbocycles. The van der Waals surface area contributed by atoms with E-state index < -0.39 is 23.2 Å². The van der Waals surface area contributed by atoms with Crippen molar-refractivity contribution in [3.8, 4) is 0 Å². The highest BCUT2D eigenvalue weighted by molar-refractivity contribution is 7.80. The SMILES string of the molecule is C=CC1=C(O)N[C@H](Cc2[nH]c(/C=C3\N[C@]4(N/C4=C4/NC(=O)[C@H](C)[C@H]4C(C)S)C(C)=C3CCC(=O)O)c(CCC(=O)O)c2C)[C@]12CO2. The molecule has 8 N–H and O–H groups in total. The quantitative estimate of drug-likeness (QED) is 0.127. The second-order valence-corrected chi connectivity index (χ2v) is 13.8. The van der Waals surface area contributed by atoms with Crippen LogP contribution >= 0.6 is 12.6 Å². The number of aliphatic hydroxyl groups excluding tert-OH is 1. The highest BCUT2D eigenvalue weighted by atomic mass is 32.1. The van der Waals surface area contributed by atoms with Crippen LogP contribution in [-0.2, 0) is 32.0 Å². The van der Waals surface area contributed by atoms with Gasteiger partial charge in [-0.2, -0.15) is 12.6 Å². The van der Waals surface area contributed by atoms with E-state index in [2.05, 4.69) is 45.5 Å². The molecule has 0 bridgehead atoms. The van der Waals surface area contributed by atoms with Crippen LogP contribution in [0.5, 0.6) is 0 Å². The fourth-order valence-electron chi connectivity index (χ4n) is 7.52. The van der Waals surface area contributed by atoms with Gasteiger partial charge in [-0.25, -0.2) is 0 Å². The Hall–Kier alpha value is -4.10. The van der Waals surface area contributed by atoms with Crippen LogP contribution in [0.2, 0.25) is 0 Å². The van der Waals surface area contributed by atoms with E-state index in [0.29, 0.717) is 24.3 Å². The Balaban J connectivity index is 1.38. The smallest absolute Gasteiger partial charge is 0.303 e. The molecule has 13 heteroatoms. The second kappa shape index (κ2) is 11.3. The molecule has 3 fully saturated rings. The summed E-state index contributed by atoms with van der Waals surface area (Å²) in [6.45, 7) is 12.0. The summed E-state index contributed by atoms with van der Waals surface area (Å²) in [6.07, 6.45) is 4.43. The summed E-state index contributed by atoms with van der Waals surface area (Å²) in [4.78, 5) is 39.5. The highest BCUT2D eigenvalue weighted by Gasteiger charge is 2.60. The molecule has 0 aromatic carbocycles. The Bertz CT molecular complexity index is 1680. The lowest BCUT2D eigenvalue weighted by atomic mass is 9.90. The molecule has 0 radical (unpaired) electrons. The van der Waals surface area contributed by atoms with E-state index in [9.17, 15) is 29.7 Å². The summed E-state index contributed by atoms with van der Waals surface area (Å²) in [7, 11) is 0. The molecule has 5 aliphatic heterocycles. The Labute approximate surface area is 272 Å². The van der Waals surface area contributed by atoms with Crippen molar-refractivity contribution in [1.29, 1.82) is 0 Å². The number of aliphatic carboxylic acids is 2. The number of carbonyl (C=O) groups is 3. The zero-order valence-corrected chi connectivity index (χ0v) is 27.2. The predicted octanol–water partition coefficient (Wildman–Crippen LogP) is 2.92. The Morgan fingerprint density at radius 2 is 1.85 bits per heavy atom. The normalized spacial score (nSPS) is 32.6. The van der Waals surface area contributed by atoms with E-state index >= 15 is 0 Å². The number of hydrogen-bond acceptors (Lipinski definition) is 9. The number of aliphatic hydroxyl groups is 1. The molecule has 2 spiro atoms. The van der Waals surface area contributed by atoms with Crippen LogP contribution in [0.25, 0.3) is 6.08 Å². The van der Waals surface area contributed by atoms with Gasteiger partial charge in [0.2, 0.25) is 5.91 Å². The average molecular weight is 652 g/mol. The van der Waals surface area contributed by atoms with Gasteiger partial charge in [0.25, 0.3) is 0 Å². The zero-order chi connectivity index (χ0) is 33.3. The van der Waals surface area contributed by atoms with Crippen molar-refractivity contribution in [2.75, 3.05) is 6.61 Å². The summed E-state index contributed by atoms with van der Waals surface area (Å²) in [5.41, 5.74) is 6.66. The number of thiol groups is 1. The largest absolute Gasteiger partial charge is 0.495 e. The molecule has 1 unspecified atom stereocenters. The zero-order valence-electron chi connectivity index (χ0n) is 26.3. The number of carboxylic acids is 2. The number of allylic oxidation sites excluding steroid dienone is 2.